The number of aliphatic hydroxyl groups is 1. The van der Waals surface area contributed by atoms with E-state index >= 15 is 0 Å². The van der Waals surface area contributed by atoms with Crippen LogP contribution in [0.5, 0.6) is 0 Å². The average Bonchev–Trinajstić information content (AvgIpc) is 3.10. The SMILES string of the molecule is CC/C=C\C/C=C\C/C=C\C/C=C\C/C=C\CCCCCCCCCC(=O)NCCOP(=O)(O)OCC(O)COC(=O)CCCCCCCC. The summed E-state index contributed by atoms with van der Waals surface area (Å²) in [7, 11) is -4.41. The van der Waals surface area contributed by atoms with Gasteiger partial charge in [-0.2, -0.15) is 0 Å². The van der Waals surface area contributed by atoms with E-state index < -0.39 is 26.5 Å². The van der Waals surface area contributed by atoms with Crippen LogP contribution < -0.4 is 5.32 Å². The number of hydrogen-bond acceptors (Lipinski definition) is 7. The van der Waals surface area contributed by atoms with Gasteiger partial charge in [-0.15, -0.1) is 0 Å². The van der Waals surface area contributed by atoms with E-state index in [0.717, 1.165) is 83.5 Å². The van der Waals surface area contributed by atoms with E-state index in [4.69, 9.17) is 13.8 Å². The molecule has 0 aromatic rings. The van der Waals surface area contributed by atoms with Gasteiger partial charge in [-0.25, -0.2) is 4.57 Å². The highest BCUT2D eigenvalue weighted by Gasteiger charge is 2.23. The Bertz CT molecular complexity index is 1010. The molecule has 0 aromatic heterocycles. The summed E-state index contributed by atoms with van der Waals surface area (Å²) >= 11 is 0. The number of allylic oxidation sites excluding steroid dienone is 10. The summed E-state index contributed by atoms with van der Waals surface area (Å²) in [5.41, 5.74) is 0. The number of carbonyl (C=O) groups is 2. The molecule has 10 heteroatoms. The van der Waals surface area contributed by atoms with Crippen LogP contribution in [-0.4, -0.2) is 54.3 Å². The van der Waals surface area contributed by atoms with Crippen LogP contribution in [-0.2, 0) is 27.9 Å². The molecule has 1 amide bonds. The minimum Gasteiger partial charge on any atom is -0.463 e. The Hall–Kier alpha value is -2.29. The van der Waals surface area contributed by atoms with Crippen LogP contribution in [0.1, 0.15) is 149 Å². The first-order valence-electron chi connectivity index (χ1n) is 19.3. The van der Waals surface area contributed by atoms with Crippen molar-refractivity contribution in [2.45, 2.75) is 155 Å². The predicted molar refractivity (Wildman–Crippen MR) is 206 cm³/mol. The van der Waals surface area contributed by atoms with Gasteiger partial charge in [0.1, 0.15) is 12.7 Å². The number of phosphoric ester groups is 1. The van der Waals surface area contributed by atoms with Crippen molar-refractivity contribution in [1.82, 2.24) is 5.32 Å². The Morgan fingerprint density at radius 3 is 1.72 bits per heavy atom. The summed E-state index contributed by atoms with van der Waals surface area (Å²) in [5, 5.41) is 12.6. The van der Waals surface area contributed by atoms with Gasteiger partial charge in [0.15, 0.2) is 0 Å². The second-order valence-electron chi connectivity index (χ2n) is 12.5. The van der Waals surface area contributed by atoms with Crippen molar-refractivity contribution >= 4 is 19.7 Å². The van der Waals surface area contributed by atoms with Crippen molar-refractivity contribution in [3.63, 3.8) is 0 Å². The zero-order chi connectivity index (χ0) is 36.8. The first-order chi connectivity index (χ1) is 24.3. The number of hydrogen-bond donors (Lipinski definition) is 3. The summed E-state index contributed by atoms with van der Waals surface area (Å²) in [4.78, 5) is 33.6. The number of aliphatic hydroxyl groups excluding tert-OH is 1. The zero-order valence-electron chi connectivity index (χ0n) is 31.3. The van der Waals surface area contributed by atoms with Crippen LogP contribution in [0.3, 0.4) is 0 Å². The van der Waals surface area contributed by atoms with Gasteiger partial charge in [0.25, 0.3) is 0 Å². The number of ether oxygens (including phenoxy) is 1. The molecule has 2 atom stereocenters. The molecule has 0 aliphatic heterocycles. The molecule has 9 nitrogen and oxygen atoms in total. The summed E-state index contributed by atoms with van der Waals surface area (Å²) < 4.78 is 26.6. The van der Waals surface area contributed by atoms with E-state index in [1.807, 2.05) is 0 Å². The van der Waals surface area contributed by atoms with Gasteiger partial charge in [0.05, 0.1) is 13.2 Å². The lowest BCUT2D eigenvalue weighted by atomic mass is 10.1. The van der Waals surface area contributed by atoms with E-state index in [0.29, 0.717) is 6.42 Å². The second-order valence-corrected chi connectivity index (χ2v) is 14.0. The van der Waals surface area contributed by atoms with E-state index in [1.165, 1.54) is 38.5 Å². The van der Waals surface area contributed by atoms with Gasteiger partial charge in [-0.05, 0) is 57.8 Å². The summed E-state index contributed by atoms with van der Waals surface area (Å²) in [6, 6.07) is 0. The van der Waals surface area contributed by atoms with E-state index in [-0.39, 0.29) is 32.1 Å². The number of unbranched alkanes of at least 4 members (excludes halogenated alkanes) is 12. The van der Waals surface area contributed by atoms with Crippen LogP contribution in [0.15, 0.2) is 60.8 Å². The van der Waals surface area contributed by atoms with Crippen LogP contribution in [0.25, 0.3) is 0 Å². The lowest BCUT2D eigenvalue weighted by Gasteiger charge is -2.15. The molecule has 0 saturated heterocycles. The maximum absolute atomic E-state index is 12.0. The molecule has 50 heavy (non-hydrogen) atoms. The molecule has 288 valence electrons. The number of rotatable bonds is 35. The van der Waals surface area contributed by atoms with Crippen molar-refractivity contribution in [2.75, 3.05) is 26.4 Å². The van der Waals surface area contributed by atoms with Crippen molar-refractivity contribution in [3.8, 4) is 0 Å². The van der Waals surface area contributed by atoms with Crippen LogP contribution in [0, 0.1) is 0 Å². The smallest absolute Gasteiger partial charge is 0.463 e. The highest BCUT2D eigenvalue weighted by Crippen LogP contribution is 2.42. The standard InChI is InChI=1S/C40H70NO8P/c1-3-5-7-9-11-12-13-14-15-16-17-18-19-20-21-22-23-24-25-26-27-28-30-32-39(43)41-34-35-48-50(45,46)49-37-38(42)36-47-40(44)33-31-29-10-8-6-4-2/h5,7,11-12,14-15,17-18,20-21,38,42H,3-4,6,8-10,13,16,19,22-37H2,1-2H3,(H,41,43)(H,45,46)/b7-5-,12-11-,15-14-,18-17-,21-20-. The van der Waals surface area contributed by atoms with Gasteiger partial charge in [-0.1, -0.05) is 139 Å². The van der Waals surface area contributed by atoms with E-state index in [9.17, 15) is 24.2 Å². The number of carbonyl (C=O) groups excluding carboxylic acids is 2. The highest BCUT2D eigenvalue weighted by atomic mass is 31.2. The van der Waals surface area contributed by atoms with Crippen molar-refractivity contribution < 1.29 is 37.9 Å². The third kappa shape index (κ3) is 37.0. The van der Waals surface area contributed by atoms with Crippen LogP contribution in [0.4, 0.5) is 0 Å². The van der Waals surface area contributed by atoms with Gasteiger partial charge in [-0.3, -0.25) is 18.6 Å². The van der Waals surface area contributed by atoms with E-state index in [2.05, 4.69) is 79.9 Å². The van der Waals surface area contributed by atoms with Gasteiger partial charge < -0.3 is 20.1 Å². The topological polar surface area (TPSA) is 131 Å². The first-order valence-corrected chi connectivity index (χ1v) is 20.8. The first kappa shape index (κ1) is 47.7. The third-order valence-corrected chi connectivity index (χ3v) is 8.70. The number of nitrogens with one attached hydrogen (secondary N) is 1. The monoisotopic (exact) mass is 723 g/mol. The predicted octanol–water partition coefficient (Wildman–Crippen LogP) is 10.2. The van der Waals surface area contributed by atoms with Crippen LogP contribution >= 0.6 is 7.82 Å². The molecule has 0 radical (unpaired) electrons. The minimum absolute atomic E-state index is 0.0727. The molecule has 2 unspecified atom stereocenters. The van der Waals surface area contributed by atoms with Crippen molar-refractivity contribution in [3.05, 3.63) is 60.8 Å². The quantitative estimate of drug-likeness (QED) is 0.0255. The molecular formula is C40H70NO8P. The summed E-state index contributed by atoms with van der Waals surface area (Å²) in [6.07, 6.45) is 41.9. The fraction of sp³-hybridized carbons (Fsp3) is 0.700. The average molecular weight is 724 g/mol. The molecule has 0 fully saturated rings. The maximum Gasteiger partial charge on any atom is 0.472 e. The van der Waals surface area contributed by atoms with Crippen LogP contribution in [0.2, 0.25) is 0 Å². The minimum atomic E-state index is -4.41. The molecule has 0 rings (SSSR count). The van der Waals surface area contributed by atoms with Crippen molar-refractivity contribution in [2.24, 2.45) is 0 Å². The maximum atomic E-state index is 12.0. The Morgan fingerprint density at radius 1 is 0.640 bits per heavy atom. The van der Waals surface area contributed by atoms with Gasteiger partial charge in [0, 0.05) is 19.4 Å². The summed E-state index contributed by atoms with van der Waals surface area (Å²) in [6.45, 7) is 3.32. The Labute approximate surface area is 304 Å². The zero-order valence-corrected chi connectivity index (χ0v) is 32.2. The fourth-order valence-corrected chi connectivity index (χ4v) is 5.57. The van der Waals surface area contributed by atoms with E-state index in [1.54, 1.807) is 0 Å². The molecule has 0 aromatic carbocycles. The molecular weight excluding hydrogens is 653 g/mol. The lowest BCUT2D eigenvalue weighted by Crippen LogP contribution is -2.27. The molecule has 0 aliphatic rings. The largest absolute Gasteiger partial charge is 0.472 e. The highest BCUT2D eigenvalue weighted by molar-refractivity contribution is 7.47. The molecule has 0 saturated carbocycles. The third-order valence-electron chi connectivity index (χ3n) is 7.71. The normalized spacial score (nSPS) is 14.1. The molecule has 0 aliphatic carbocycles. The molecule has 0 bridgehead atoms. The lowest BCUT2D eigenvalue weighted by molar-refractivity contribution is -0.147. The molecule has 3 N–H and O–H groups in total. The second kappa shape index (κ2) is 36.5. The Balaban J connectivity index is 3.62. The number of amides is 1. The van der Waals surface area contributed by atoms with Gasteiger partial charge >= 0.3 is 13.8 Å². The number of esters is 1. The fourth-order valence-electron chi connectivity index (χ4n) is 4.82. The Morgan fingerprint density at radius 2 is 1.14 bits per heavy atom. The summed E-state index contributed by atoms with van der Waals surface area (Å²) in [5.74, 6) is -0.542. The number of phosphoric acid groups is 1. The van der Waals surface area contributed by atoms with Crippen molar-refractivity contribution in [1.29, 1.82) is 0 Å². The molecule has 0 spiro atoms. The Kier molecular flexibility index (Phi) is 34.8. The van der Waals surface area contributed by atoms with Gasteiger partial charge in [0.2, 0.25) is 5.91 Å². The molecule has 0 heterocycles.